The largest absolute Gasteiger partial charge is 0.493 e. The number of carbonyl (C=O) groups excluding carboxylic acids is 1. The van der Waals surface area contributed by atoms with E-state index >= 15 is 0 Å². The van der Waals surface area contributed by atoms with Crippen LogP contribution in [0.2, 0.25) is 0 Å². The van der Waals surface area contributed by atoms with Crippen LogP contribution in [0.25, 0.3) is 0 Å². The van der Waals surface area contributed by atoms with Crippen LogP contribution in [0.4, 0.5) is 0 Å². The molecule has 1 aromatic carbocycles. The number of para-hydroxylation sites is 1. The molecule has 106 valence electrons. The molecule has 4 nitrogen and oxygen atoms in total. The zero-order chi connectivity index (χ0) is 12.6. The number of hydrogen-bond acceptors (Lipinski definition) is 3. The molecule has 1 aromatic rings. The first-order valence-corrected chi connectivity index (χ1v) is 6.52. The molecule has 1 aliphatic heterocycles. The minimum atomic E-state index is 0. The molecular formula is C14H21ClN2O2. The Bertz CT molecular complexity index is 367. The van der Waals surface area contributed by atoms with Gasteiger partial charge in [0, 0.05) is 12.6 Å². The van der Waals surface area contributed by atoms with E-state index in [0.717, 1.165) is 25.3 Å². The fourth-order valence-corrected chi connectivity index (χ4v) is 2.03. The summed E-state index contributed by atoms with van der Waals surface area (Å²) in [6.45, 7) is 2.22. The normalized spacial score (nSPS) is 17.6. The Balaban J connectivity index is 0.00000180. The Morgan fingerprint density at radius 1 is 1.37 bits per heavy atom. The van der Waals surface area contributed by atoms with E-state index in [-0.39, 0.29) is 18.3 Å². The van der Waals surface area contributed by atoms with Gasteiger partial charge in [0.2, 0.25) is 5.91 Å². The van der Waals surface area contributed by atoms with E-state index in [1.807, 2.05) is 30.3 Å². The Hall–Kier alpha value is -1.26. The molecular weight excluding hydrogens is 264 g/mol. The van der Waals surface area contributed by atoms with E-state index in [2.05, 4.69) is 10.6 Å². The average molecular weight is 285 g/mol. The second-order valence-electron chi connectivity index (χ2n) is 4.51. The summed E-state index contributed by atoms with van der Waals surface area (Å²) in [6.07, 6.45) is 2.76. The van der Waals surface area contributed by atoms with Crippen LogP contribution in [-0.4, -0.2) is 31.6 Å². The lowest BCUT2D eigenvalue weighted by Gasteiger charge is -2.11. The molecule has 19 heavy (non-hydrogen) atoms. The molecule has 0 saturated carbocycles. The Kier molecular flexibility index (Phi) is 7.30. The molecule has 0 aliphatic carbocycles. The number of benzene rings is 1. The molecule has 2 N–H and O–H groups in total. The van der Waals surface area contributed by atoms with E-state index in [0.29, 0.717) is 19.1 Å². The van der Waals surface area contributed by atoms with Crippen molar-refractivity contribution in [3.8, 4) is 5.75 Å². The van der Waals surface area contributed by atoms with Gasteiger partial charge in [0.15, 0.2) is 0 Å². The lowest BCUT2D eigenvalue weighted by atomic mass is 10.2. The van der Waals surface area contributed by atoms with Crippen molar-refractivity contribution in [1.82, 2.24) is 10.6 Å². The predicted octanol–water partition coefficient (Wildman–Crippen LogP) is 1.75. The molecule has 0 spiro atoms. The van der Waals surface area contributed by atoms with Gasteiger partial charge in [-0.15, -0.1) is 12.4 Å². The molecule has 1 unspecified atom stereocenters. The summed E-state index contributed by atoms with van der Waals surface area (Å²) in [5.41, 5.74) is 0. The summed E-state index contributed by atoms with van der Waals surface area (Å²) in [7, 11) is 0. The van der Waals surface area contributed by atoms with Gasteiger partial charge in [0.25, 0.3) is 0 Å². The first-order chi connectivity index (χ1) is 8.84. The summed E-state index contributed by atoms with van der Waals surface area (Å²) >= 11 is 0. The summed E-state index contributed by atoms with van der Waals surface area (Å²) < 4.78 is 5.47. The molecule has 1 atom stereocenters. The van der Waals surface area contributed by atoms with Gasteiger partial charge < -0.3 is 15.4 Å². The number of hydrogen-bond donors (Lipinski definition) is 2. The molecule has 0 aromatic heterocycles. The smallest absolute Gasteiger partial charge is 0.223 e. The number of ether oxygens (including phenoxy) is 1. The third-order valence-corrected chi connectivity index (χ3v) is 3.05. The van der Waals surface area contributed by atoms with Crippen LogP contribution >= 0.6 is 12.4 Å². The van der Waals surface area contributed by atoms with Gasteiger partial charge in [0.1, 0.15) is 5.75 Å². The molecule has 1 amide bonds. The minimum Gasteiger partial charge on any atom is -0.493 e. The standard InChI is InChI=1S/C14H20N2O2.ClH/c17-14(16-11-12-5-4-9-15-12)8-10-18-13-6-2-1-3-7-13;/h1-3,6-7,12,15H,4-5,8-11H2,(H,16,17);1H. The van der Waals surface area contributed by atoms with Gasteiger partial charge in [-0.25, -0.2) is 0 Å². The fourth-order valence-electron chi connectivity index (χ4n) is 2.03. The van der Waals surface area contributed by atoms with E-state index < -0.39 is 0 Å². The topological polar surface area (TPSA) is 50.4 Å². The van der Waals surface area contributed by atoms with Crippen LogP contribution in [0.3, 0.4) is 0 Å². The first kappa shape index (κ1) is 15.8. The van der Waals surface area contributed by atoms with Gasteiger partial charge in [-0.3, -0.25) is 4.79 Å². The minimum absolute atomic E-state index is 0. The second kappa shape index (κ2) is 8.77. The Morgan fingerprint density at radius 3 is 2.84 bits per heavy atom. The van der Waals surface area contributed by atoms with Crippen molar-refractivity contribution in [3.63, 3.8) is 0 Å². The molecule has 2 rings (SSSR count). The second-order valence-corrected chi connectivity index (χ2v) is 4.51. The maximum atomic E-state index is 11.6. The van der Waals surface area contributed by atoms with Crippen LogP contribution in [0.15, 0.2) is 30.3 Å². The molecule has 1 aliphatic rings. The SMILES string of the molecule is Cl.O=C(CCOc1ccccc1)NCC1CCCN1. The van der Waals surface area contributed by atoms with Gasteiger partial charge in [-0.2, -0.15) is 0 Å². The van der Waals surface area contributed by atoms with Crippen LogP contribution in [0, 0.1) is 0 Å². The number of rotatable bonds is 6. The third-order valence-electron chi connectivity index (χ3n) is 3.05. The first-order valence-electron chi connectivity index (χ1n) is 6.52. The van der Waals surface area contributed by atoms with Crippen molar-refractivity contribution in [3.05, 3.63) is 30.3 Å². The Labute approximate surface area is 120 Å². The van der Waals surface area contributed by atoms with E-state index in [4.69, 9.17) is 4.74 Å². The summed E-state index contributed by atoms with van der Waals surface area (Å²) in [5.74, 6) is 0.863. The van der Waals surface area contributed by atoms with E-state index in [9.17, 15) is 4.79 Å². The summed E-state index contributed by atoms with van der Waals surface area (Å²) in [4.78, 5) is 11.6. The molecule has 1 heterocycles. The maximum Gasteiger partial charge on any atom is 0.223 e. The average Bonchev–Trinajstić information content (AvgIpc) is 2.91. The van der Waals surface area contributed by atoms with Crippen LogP contribution < -0.4 is 15.4 Å². The van der Waals surface area contributed by atoms with Crippen molar-refractivity contribution in [1.29, 1.82) is 0 Å². The highest BCUT2D eigenvalue weighted by Gasteiger charge is 2.14. The highest BCUT2D eigenvalue weighted by Crippen LogP contribution is 2.08. The van der Waals surface area contributed by atoms with E-state index in [1.54, 1.807) is 0 Å². The van der Waals surface area contributed by atoms with Crippen LogP contribution in [0.5, 0.6) is 5.75 Å². The number of amides is 1. The lowest BCUT2D eigenvalue weighted by Crippen LogP contribution is -2.37. The highest BCUT2D eigenvalue weighted by molar-refractivity contribution is 5.85. The van der Waals surface area contributed by atoms with Crippen LogP contribution in [0.1, 0.15) is 19.3 Å². The monoisotopic (exact) mass is 284 g/mol. The van der Waals surface area contributed by atoms with Gasteiger partial charge in [-0.05, 0) is 31.5 Å². The summed E-state index contributed by atoms with van der Waals surface area (Å²) in [5, 5.41) is 6.28. The number of halogens is 1. The van der Waals surface area contributed by atoms with Crippen molar-refractivity contribution >= 4 is 18.3 Å². The maximum absolute atomic E-state index is 11.6. The van der Waals surface area contributed by atoms with Crippen molar-refractivity contribution < 1.29 is 9.53 Å². The zero-order valence-electron chi connectivity index (χ0n) is 10.9. The summed E-state index contributed by atoms with van der Waals surface area (Å²) in [6, 6.07) is 10.0. The van der Waals surface area contributed by atoms with Gasteiger partial charge in [-0.1, -0.05) is 18.2 Å². The Morgan fingerprint density at radius 2 is 2.16 bits per heavy atom. The van der Waals surface area contributed by atoms with Crippen molar-refractivity contribution in [2.24, 2.45) is 0 Å². The molecule has 0 radical (unpaired) electrons. The molecule has 5 heteroatoms. The van der Waals surface area contributed by atoms with Crippen molar-refractivity contribution in [2.45, 2.75) is 25.3 Å². The molecule has 0 bridgehead atoms. The number of carbonyl (C=O) groups is 1. The number of nitrogens with one attached hydrogen (secondary N) is 2. The molecule has 1 fully saturated rings. The molecule has 1 saturated heterocycles. The highest BCUT2D eigenvalue weighted by atomic mass is 35.5. The van der Waals surface area contributed by atoms with E-state index in [1.165, 1.54) is 6.42 Å². The van der Waals surface area contributed by atoms with Gasteiger partial charge in [0.05, 0.1) is 13.0 Å². The van der Waals surface area contributed by atoms with Crippen LogP contribution in [-0.2, 0) is 4.79 Å². The predicted molar refractivity (Wildman–Crippen MR) is 77.8 cm³/mol. The van der Waals surface area contributed by atoms with Crippen molar-refractivity contribution in [2.75, 3.05) is 19.7 Å². The third kappa shape index (κ3) is 5.94. The fraction of sp³-hybridized carbons (Fsp3) is 0.500. The lowest BCUT2D eigenvalue weighted by molar-refractivity contribution is -0.121. The van der Waals surface area contributed by atoms with Gasteiger partial charge >= 0.3 is 0 Å². The quantitative estimate of drug-likeness (QED) is 0.837. The zero-order valence-corrected chi connectivity index (χ0v) is 11.7.